The lowest BCUT2D eigenvalue weighted by atomic mass is 10.2. The molecule has 0 atom stereocenters. The van der Waals surface area contributed by atoms with Crippen molar-refractivity contribution >= 4 is 68.0 Å². The molecule has 0 unspecified atom stereocenters. The number of thiocarbonyl (C=S) groups is 1. The Morgan fingerprint density at radius 3 is 2.79 bits per heavy atom. The van der Waals surface area contributed by atoms with Crippen molar-refractivity contribution in [1.29, 1.82) is 0 Å². The van der Waals surface area contributed by atoms with Crippen LogP contribution in [0.25, 0.3) is 6.08 Å². The van der Waals surface area contributed by atoms with Crippen molar-refractivity contribution in [3.8, 4) is 0 Å². The zero-order chi connectivity index (χ0) is 20.8. The van der Waals surface area contributed by atoms with Gasteiger partial charge in [-0.05, 0) is 35.9 Å². The number of halogens is 1. The fraction of sp³-hybridized carbons (Fsp3) is 0.105. The molecule has 3 rings (SSSR count). The maximum atomic E-state index is 12.6. The lowest BCUT2D eigenvalue weighted by molar-refractivity contribution is -0.124. The fourth-order valence-corrected chi connectivity index (χ4v) is 4.14. The molecule has 1 aromatic heterocycles. The molecule has 2 heterocycles. The molecular formula is C19H15BrN4O3S2. The number of rotatable bonds is 5. The van der Waals surface area contributed by atoms with Gasteiger partial charge >= 0.3 is 0 Å². The Morgan fingerprint density at radius 1 is 1.24 bits per heavy atom. The molecule has 0 bridgehead atoms. The van der Waals surface area contributed by atoms with Crippen molar-refractivity contribution in [3.63, 3.8) is 0 Å². The van der Waals surface area contributed by atoms with Gasteiger partial charge in [0, 0.05) is 29.8 Å². The maximum Gasteiger partial charge on any atom is 0.271 e. The Labute approximate surface area is 185 Å². The van der Waals surface area contributed by atoms with Gasteiger partial charge in [-0.2, -0.15) is 0 Å². The van der Waals surface area contributed by atoms with E-state index in [1.807, 2.05) is 24.3 Å². The van der Waals surface area contributed by atoms with Crippen LogP contribution in [0.15, 0.2) is 58.2 Å². The van der Waals surface area contributed by atoms with Gasteiger partial charge in [0.2, 0.25) is 5.91 Å². The monoisotopic (exact) mass is 490 g/mol. The number of thioether (sulfide) groups is 1. The highest BCUT2D eigenvalue weighted by Crippen LogP contribution is 2.32. The molecule has 0 saturated carbocycles. The number of hydrogen-bond acceptors (Lipinski definition) is 6. The van der Waals surface area contributed by atoms with E-state index in [1.165, 1.54) is 22.9 Å². The molecule has 0 aliphatic carbocycles. The summed E-state index contributed by atoms with van der Waals surface area (Å²) in [5.41, 5.74) is 5.82. The van der Waals surface area contributed by atoms with Crippen molar-refractivity contribution in [3.05, 3.63) is 69.3 Å². The smallest absolute Gasteiger partial charge is 0.271 e. The lowest BCUT2D eigenvalue weighted by Gasteiger charge is -2.14. The summed E-state index contributed by atoms with van der Waals surface area (Å²) < 4.78 is 1.30. The highest BCUT2D eigenvalue weighted by atomic mass is 79.9. The maximum absolute atomic E-state index is 12.6. The summed E-state index contributed by atoms with van der Waals surface area (Å²) in [6.07, 6.45) is 4.68. The highest BCUT2D eigenvalue weighted by molar-refractivity contribution is 9.10. The first-order chi connectivity index (χ1) is 13.9. The average Bonchev–Trinajstić information content (AvgIpc) is 2.98. The number of carbonyl (C=O) groups is 3. The van der Waals surface area contributed by atoms with Crippen LogP contribution in [0.1, 0.15) is 22.3 Å². The number of pyridine rings is 1. The fourth-order valence-electron chi connectivity index (χ4n) is 2.41. The van der Waals surface area contributed by atoms with E-state index in [1.54, 1.807) is 24.4 Å². The molecule has 2 aromatic rings. The van der Waals surface area contributed by atoms with Crippen molar-refractivity contribution in [1.82, 2.24) is 20.7 Å². The third kappa shape index (κ3) is 5.72. The molecule has 0 spiro atoms. The van der Waals surface area contributed by atoms with Gasteiger partial charge in [-0.3, -0.25) is 35.1 Å². The van der Waals surface area contributed by atoms with E-state index in [9.17, 15) is 14.4 Å². The summed E-state index contributed by atoms with van der Waals surface area (Å²) in [4.78, 5) is 42.2. The largest absolute Gasteiger partial charge is 0.292 e. The van der Waals surface area contributed by atoms with Gasteiger partial charge in [0.05, 0.1) is 10.5 Å². The summed E-state index contributed by atoms with van der Waals surface area (Å²) >= 11 is 9.86. The van der Waals surface area contributed by atoms with Crippen LogP contribution >= 0.6 is 39.9 Å². The molecule has 1 aliphatic rings. The number of carbonyl (C=O) groups excluding carboxylic acids is 3. The van der Waals surface area contributed by atoms with Crippen molar-refractivity contribution in [2.75, 3.05) is 6.54 Å². The molecule has 0 radical (unpaired) electrons. The van der Waals surface area contributed by atoms with Gasteiger partial charge in [0.1, 0.15) is 4.32 Å². The number of hydrazine groups is 1. The van der Waals surface area contributed by atoms with Crippen LogP contribution in [0.4, 0.5) is 0 Å². The molecule has 2 N–H and O–H groups in total. The highest BCUT2D eigenvalue weighted by Gasteiger charge is 2.32. The average molecular weight is 491 g/mol. The Balaban J connectivity index is 1.52. The first-order valence-electron chi connectivity index (χ1n) is 8.44. The molecule has 1 aliphatic heterocycles. The number of benzene rings is 1. The first-order valence-corrected chi connectivity index (χ1v) is 10.5. The molecule has 7 nitrogen and oxygen atoms in total. The molecular weight excluding hydrogens is 476 g/mol. The second kappa shape index (κ2) is 9.77. The summed E-state index contributed by atoms with van der Waals surface area (Å²) in [6.45, 7) is 0.120. The van der Waals surface area contributed by atoms with E-state index < -0.39 is 11.8 Å². The molecule has 29 heavy (non-hydrogen) atoms. The Kier molecular flexibility index (Phi) is 7.13. The Morgan fingerprint density at radius 2 is 2.07 bits per heavy atom. The third-order valence-electron chi connectivity index (χ3n) is 3.82. The van der Waals surface area contributed by atoms with Gasteiger partial charge in [-0.1, -0.05) is 52.0 Å². The predicted octanol–water partition coefficient (Wildman–Crippen LogP) is 2.90. The van der Waals surface area contributed by atoms with Crippen LogP contribution in [0, 0.1) is 0 Å². The molecule has 1 fully saturated rings. The number of nitrogens with one attached hydrogen (secondary N) is 2. The van der Waals surface area contributed by atoms with Crippen molar-refractivity contribution in [2.45, 2.75) is 6.42 Å². The van der Waals surface area contributed by atoms with Crippen LogP contribution in [0.5, 0.6) is 0 Å². The number of amides is 3. The van der Waals surface area contributed by atoms with E-state index >= 15 is 0 Å². The summed E-state index contributed by atoms with van der Waals surface area (Å²) in [5, 5.41) is 0. The van der Waals surface area contributed by atoms with Crippen LogP contribution in [-0.4, -0.2) is 38.5 Å². The lowest BCUT2D eigenvalue weighted by Crippen LogP contribution is -2.43. The molecule has 148 valence electrons. The predicted molar refractivity (Wildman–Crippen MR) is 118 cm³/mol. The number of nitrogens with zero attached hydrogens (tertiary/aromatic N) is 2. The molecule has 10 heteroatoms. The number of hydrogen-bond donors (Lipinski definition) is 2. The zero-order valence-electron chi connectivity index (χ0n) is 14.9. The van der Waals surface area contributed by atoms with Crippen LogP contribution in [0.2, 0.25) is 0 Å². The Bertz CT molecular complexity index is 998. The summed E-state index contributed by atoms with van der Waals surface area (Å²) in [5.74, 6) is -1.16. The van der Waals surface area contributed by atoms with Crippen LogP contribution < -0.4 is 10.9 Å². The van der Waals surface area contributed by atoms with Crippen molar-refractivity contribution in [2.24, 2.45) is 0 Å². The minimum absolute atomic E-state index is 0.01000. The van der Waals surface area contributed by atoms with Gasteiger partial charge in [-0.15, -0.1) is 0 Å². The van der Waals surface area contributed by atoms with E-state index in [4.69, 9.17) is 12.2 Å². The zero-order valence-corrected chi connectivity index (χ0v) is 18.1. The van der Waals surface area contributed by atoms with Gasteiger partial charge in [0.25, 0.3) is 11.8 Å². The van der Waals surface area contributed by atoms with E-state index in [0.717, 1.165) is 10.0 Å². The summed E-state index contributed by atoms with van der Waals surface area (Å²) in [6, 6.07) is 10.7. The third-order valence-corrected chi connectivity index (χ3v) is 5.69. The van der Waals surface area contributed by atoms with Gasteiger partial charge in [-0.25, -0.2) is 0 Å². The van der Waals surface area contributed by atoms with E-state index in [-0.39, 0.29) is 18.9 Å². The van der Waals surface area contributed by atoms with Gasteiger partial charge < -0.3 is 0 Å². The van der Waals surface area contributed by atoms with E-state index in [2.05, 4.69) is 31.8 Å². The first kappa shape index (κ1) is 21.2. The SMILES string of the molecule is O=C(CCN1C(=O)C(=Cc2cccc(Br)c2)SC1=S)NNC(=O)c1cccnc1. The van der Waals surface area contributed by atoms with Crippen LogP contribution in [-0.2, 0) is 9.59 Å². The normalized spacial score (nSPS) is 14.9. The topological polar surface area (TPSA) is 91.4 Å². The minimum atomic E-state index is -0.478. The quantitative estimate of drug-likeness (QED) is 0.380. The Hall–Kier alpha value is -2.56. The van der Waals surface area contributed by atoms with Crippen LogP contribution in [0.3, 0.4) is 0 Å². The molecule has 3 amide bonds. The number of aromatic nitrogens is 1. The molecule has 1 aromatic carbocycles. The summed E-state index contributed by atoms with van der Waals surface area (Å²) in [7, 11) is 0. The minimum Gasteiger partial charge on any atom is -0.292 e. The van der Waals surface area contributed by atoms with Gasteiger partial charge in [0.15, 0.2) is 0 Å². The standard InChI is InChI=1S/C19H15BrN4O3S2/c20-14-5-1-3-12(9-14)10-15-18(27)24(19(28)29-15)8-6-16(25)22-23-17(26)13-4-2-7-21-11-13/h1-5,7,9-11H,6,8H2,(H,22,25)(H,23,26). The van der Waals surface area contributed by atoms with E-state index in [0.29, 0.717) is 14.8 Å². The second-order valence-electron chi connectivity index (χ2n) is 5.88. The second-order valence-corrected chi connectivity index (χ2v) is 8.47. The molecule has 1 saturated heterocycles. The van der Waals surface area contributed by atoms with Crippen molar-refractivity contribution < 1.29 is 14.4 Å².